The fourth-order valence-electron chi connectivity index (χ4n) is 2.30. The van der Waals surface area contributed by atoms with E-state index in [1.165, 1.54) is 49.6 Å². The van der Waals surface area contributed by atoms with E-state index in [-0.39, 0.29) is 28.6 Å². The third-order valence-electron chi connectivity index (χ3n) is 3.77. The molecule has 142 valence electrons. The van der Waals surface area contributed by atoms with Gasteiger partial charge in [0.15, 0.2) is 11.5 Å². The third kappa shape index (κ3) is 4.39. The van der Waals surface area contributed by atoms with Crippen LogP contribution in [-0.2, 0) is 0 Å². The molecule has 0 aliphatic heterocycles. The van der Waals surface area contributed by atoms with Crippen molar-refractivity contribution in [2.24, 2.45) is 0 Å². The summed E-state index contributed by atoms with van der Waals surface area (Å²) in [6.45, 7) is 0. The summed E-state index contributed by atoms with van der Waals surface area (Å²) in [7, 11) is 1.52. The van der Waals surface area contributed by atoms with Crippen LogP contribution < -0.4 is 14.2 Å². The van der Waals surface area contributed by atoms with E-state index in [2.05, 4.69) is 0 Å². The minimum Gasteiger partial charge on any atom is -0.508 e. The molecular weight excluding hydrogens is 364 g/mol. The standard InChI is InChI=1S/C21H16O7/c1-26-16-8-4-14(5-9-16)20(24)27-17-10-11-19(18(23)12-17)28-21(25)13-2-6-15(22)7-3-13/h2-12,22-23H,1H3. The highest BCUT2D eigenvalue weighted by Gasteiger charge is 2.14. The van der Waals surface area contributed by atoms with Crippen LogP contribution in [0.2, 0.25) is 0 Å². The van der Waals surface area contributed by atoms with Crippen molar-refractivity contribution in [2.45, 2.75) is 0 Å². The Bertz CT molecular complexity index is 992. The van der Waals surface area contributed by atoms with Gasteiger partial charge in [0.2, 0.25) is 0 Å². The van der Waals surface area contributed by atoms with Crippen molar-refractivity contribution in [1.29, 1.82) is 0 Å². The number of carbonyl (C=O) groups is 2. The molecule has 0 aromatic heterocycles. The van der Waals surface area contributed by atoms with Gasteiger partial charge in [0.25, 0.3) is 0 Å². The second kappa shape index (κ2) is 8.13. The van der Waals surface area contributed by atoms with Gasteiger partial charge in [-0.05, 0) is 60.7 Å². The number of methoxy groups -OCH3 is 1. The minimum absolute atomic E-state index is 0.0161. The Morgan fingerprint density at radius 1 is 0.714 bits per heavy atom. The molecule has 0 saturated heterocycles. The molecule has 7 heteroatoms. The second-order valence-corrected chi connectivity index (χ2v) is 5.68. The average Bonchev–Trinajstić information content (AvgIpc) is 2.70. The number of carbonyl (C=O) groups excluding carboxylic acids is 2. The van der Waals surface area contributed by atoms with E-state index in [1.807, 2.05) is 0 Å². The van der Waals surface area contributed by atoms with Crippen LogP contribution in [0.1, 0.15) is 20.7 Å². The Balaban J connectivity index is 1.68. The van der Waals surface area contributed by atoms with Gasteiger partial charge < -0.3 is 24.4 Å². The lowest BCUT2D eigenvalue weighted by molar-refractivity contribution is 0.0715. The first-order valence-electron chi connectivity index (χ1n) is 8.17. The molecule has 7 nitrogen and oxygen atoms in total. The zero-order chi connectivity index (χ0) is 20.1. The number of esters is 2. The quantitative estimate of drug-likeness (QED) is 0.515. The molecule has 2 N–H and O–H groups in total. The molecule has 0 bridgehead atoms. The molecule has 0 amide bonds. The van der Waals surface area contributed by atoms with Gasteiger partial charge in [-0.15, -0.1) is 0 Å². The van der Waals surface area contributed by atoms with E-state index in [4.69, 9.17) is 14.2 Å². The molecule has 0 heterocycles. The molecule has 0 aliphatic rings. The Labute approximate surface area is 160 Å². The van der Waals surface area contributed by atoms with Crippen molar-refractivity contribution in [1.82, 2.24) is 0 Å². The van der Waals surface area contributed by atoms with Crippen molar-refractivity contribution in [3.63, 3.8) is 0 Å². The molecule has 0 atom stereocenters. The first kappa shape index (κ1) is 18.8. The van der Waals surface area contributed by atoms with Crippen LogP contribution in [0, 0.1) is 0 Å². The van der Waals surface area contributed by atoms with Crippen LogP contribution in [0.15, 0.2) is 66.7 Å². The lowest BCUT2D eigenvalue weighted by atomic mass is 10.2. The normalized spacial score (nSPS) is 10.2. The Kier molecular flexibility index (Phi) is 5.45. The fourth-order valence-corrected chi connectivity index (χ4v) is 2.30. The largest absolute Gasteiger partial charge is 0.508 e. The molecule has 28 heavy (non-hydrogen) atoms. The van der Waals surface area contributed by atoms with Crippen LogP contribution in [0.25, 0.3) is 0 Å². The van der Waals surface area contributed by atoms with E-state index in [1.54, 1.807) is 24.3 Å². The number of benzene rings is 3. The predicted octanol–water partition coefficient (Wildman–Crippen LogP) is 3.54. The zero-order valence-electron chi connectivity index (χ0n) is 14.8. The van der Waals surface area contributed by atoms with Gasteiger partial charge >= 0.3 is 11.9 Å². The number of phenolic OH excluding ortho intramolecular Hbond substituents is 2. The Hall–Kier alpha value is -4.00. The number of hydrogen-bond acceptors (Lipinski definition) is 7. The van der Waals surface area contributed by atoms with Gasteiger partial charge in [-0.25, -0.2) is 9.59 Å². The minimum atomic E-state index is -0.710. The van der Waals surface area contributed by atoms with Crippen molar-refractivity contribution < 1.29 is 34.0 Å². The number of hydrogen-bond donors (Lipinski definition) is 2. The lowest BCUT2D eigenvalue weighted by Gasteiger charge is -2.09. The second-order valence-electron chi connectivity index (χ2n) is 5.68. The molecular formula is C21H16O7. The summed E-state index contributed by atoms with van der Waals surface area (Å²) >= 11 is 0. The summed E-state index contributed by atoms with van der Waals surface area (Å²) in [6.07, 6.45) is 0. The topological polar surface area (TPSA) is 102 Å². The van der Waals surface area contributed by atoms with Gasteiger partial charge in [-0.3, -0.25) is 0 Å². The van der Waals surface area contributed by atoms with Crippen molar-refractivity contribution >= 4 is 11.9 Å². The Morgan fingerprint density at radius 3 is 1.82 bits per heavy atom. The number of rotatable bonds is 5. The van der Waals surface area contributed by atoms with E-state index in [0.717, 1.165) is 0 Å². The number of phenols is 2. The molecule has 0 spiro atoms. The number of ether oxygens (including phenoxy) is 3. The first-order chi connectivity index (χ1) is 13.5. The molecule has 3 aromatic rings. The van der Waals surface area contributed by atoms with Crippen LogP contribution in [0.4, 0.5) is 0 Å². The van der Waals surface area contributed by atoms with E-state index in [9.17, 15) is 19.8 Å². The van der Waals surface area contributed by atoms with Gasteiger partial charge in [0.1, 0.15) is 17.2 Å². The summed E-state index contributed by atoms with van der Waals surface area (Å²) in [5.41, 5.74) is 0.510. The highest BCUT2D eigenvalue weighted by atomic mass is 16.5. The van der Waals surface area contributed by atoms with Crippen molar-refractivity contribution in [2.75, 3.05) is 7.11 Å². The predicted molar refractivity (Wildman–Crippen MR) is 99.1 cm³/mol. The monoisotopic (exact) mass is 380 g/mol. The van der Waals surface area contributed by atoms with Crippen LogP contribution in [0.5, 0.6) is 28.7 Å². The first-order valence-corrected chi connectivity index (χ1v) is 8.17. The average molecular weight is 380 g/mol. The fraction of sp³-hybridized carbons (Fsp3) is 0.0476. The van der Waals surface area contributed by atoms with Gasteiger partial charge in [-0.2, -0.15) is 0 Å². The summed E-state index contributed by atoms with van der Waals surface area (Å²) < 4.78 is 15.3. The van der Waals surface area contributed by atoms with Gasteiger partial charge in [-0.1, -0.05) is 0 Å². The van der Waals surface area contributed by atoms with Crippen molar-refractivity contribution in [3.05, 3.63) is 77.9 Å². The van der Waals surface area contributed by atoms with Gasteiger partial charge in [0, 0.05) is 6.07 Å². The summed E-state index contributed by atoms with van der Waals surface area (Å²) in [6, 6.07) is 15.7. The maximum absolute atomic E-state index is 12.1. The zero-order valence-corrected chi connectivity index (χ0v) is 14.8. The molecule has 0 fully saturated rings. The van der Waals surface area contributed by atoms with Crippen LogP contribution >= 0.6 is 0 Å². The van der Waals surface area contributed by atoms with E-state index >= 15 is 0 Å². The Morgan fingerprint density at radius 2 is 1.25 bits per heavy atom. The maximum Gasteiger partial charge on any atom is 0.343 e. The van der Waals surface area contributed by atoms with E-state index < -0.39 is 11.9 Å². The maximum atomic E-state index is 12.1. The third-order valence-corrected chi connectivity index (χ3v) is 3.77. The highest BCUT2D eigenvalue weighted by Crippen LogP contribution is 2.31. The summed E-state index contributed by atoms with van der Waals surface area (Å²) in [4.78, 5) is 24.2. The highest BCUT2D eigenvalue weighted by molar-refractivity contribution is 5.92. The van der Waals surface area contributed by atoms with E-state index in [0.29, 0.717) is 11.3 Å². The molecule has 0 saturated carbocycles. The molecule has 0 radical (unpaired) electrons. The molecule has 3 aromatic carbocycles. The van der Waals surface area contributed by atoms with Crippen LogP contribution in [0.3, 0.4) is 0 Å². The lowest BCUT2D eigenvalue weighted by Crippen LogP contribution is -2.09. The summed E-state index contributed by atoms with van der Waals surface area (Å²) in [5, 5.41) is 19.3. The molecule has 3 rings (SSSR count). The molecule has 0 unspecified atom stereocenters. The molecule has 0 aliphatic carbocycles. The van der Waals surface area contributed by atoms with Crippen LogP contribution in [-0.4, -0.2) is 29.3 Å². The smallest absolute Gasteiger partial charge is 0.343 e. The number of aromatic hydroxyl groups is 2. The van der Waals surface area contributed by atoms with Crippen molar-refractivity contribution in [3.8, 4) is 28.7 Å². The van der Waals surface area contributed by atoms with Gasteiger partial charge in [0.05, 0.1) is 18.2 Å². The SMILES string of the molecule is COc1ccc(C(=O)Oc2ccc(OC(=O)c3ccc(O)cc3)c(O)c2)cc1. The summed E-state index contributed by atoms with van der Waals surface area (Å²) in [5.74, 6) is -1.08.